The molecule has 1 aromatic heterocycles. The summed E-state index contributed by atoms with van der Waals surface area (Å²) >= 11 is 1.51. The number of benzene rings is 1. The Morgan fingerprint density at radius 2 is 1.93 bits per heavy atom. The summed E-state index contributed by atoms with van der Waals surface area (Å²) in [6, 6.07) is 8.82. The summed E-state index contributed by atoms with van der Waals surface area (Å²) in [5, 5.41) is 17.1. The number of amides is 1. The smallest absolute Gasteiger partial charge is 0.327 e. The van der Waals surface area contributed by atoms with Gasteiger partial charge in [-0.25, -0.2) is 4.79 Å². The number of nitrogens with zero attached hydrogens (tertiary/aromatic N) is 2. The molecule has 0 aliphatic carbocycles. The molecule has 2 fully saturated rings. The van der Waals surface area contributed by atoms with Crippen molar-refractivity contribution in [2.45, 2.75) is 62.2 Å². The third-order valence-electron chi connectivity index (χ3n) is 5.69. The molecule has 0 spiro atoms. The van der Waals surface area contributed by atoms with Crippen LogP contribution in [0.1, 0.15) is 46.3 Å². The molecule has 2 N–H and O–H groups in total. The molecule has 2 aliphatic heterocycles. The Labute approximate surface area is 173 Å². The number of carboxylic acids is 1. The molecule has 0 radical (unpaired) electrons. The van der Waals surface area contributed by atoms with E-state index < -0.39 is 22.3 Å². The van der Waals surface area contributed by atoms with Gasteiger partial charge in [0, 0.05) is 16.2 Å². The number of carbonyl (C=O) groups excluding carboxylic acids is 1. The van der Waals surface area contributed by atoms with Crippen LogP contribution >= 0.6 is 11.8 Å². The zero-order valence-electron chi connectivity index (χ0n) is 17.1. The van der Waals surface area contributed by atoms with Gasteiger partial charge in [-0.2, -0.15) is 0 Å². The van der Waals surface area contributed by atoms with Crippen molar-refractivity contribution in [3.63, 3.8) is 0 Å². The molecular formula is C21H25N3O4S. The fourth-order valence-corrected chi connectivity index (χ4v) is 5.85. The van der Waals surface area contributed by atoms with Gasteiger partial charge in [-0.15, -0.1) is 11.8 Å². The van der Waals surface area contributed by atoms with E-state index in [4.69, 9.17) is 4.52 Å². The van der Waals surface area contributed by atoms with E-state index in [1.807, 2.05) is 65.0 Å². The summed E-state index contributed by atoms with van der Waals surface area (Å²) in [5.74, 6) is -0.453. The predicted molar refractivity (Wildman–Crippen MR) is 112 cm³/mol. The molecule has 4 rings (SSSR count). The molecule has 0 saturated carbocycles. The summed E-state index contributed by atoms with van der Waals surface area (Å²) in [4.78, 5) is 26.5. The number of carboxylic acid groups (broad SMARTS) is 1. The van der Waals surface area contributed by atoms with Gasteiger partial charge < -0.3 is 19.8 Å². The highest BCUT2D eigenvalue weighted by atomic mass is 32.2. The molecule has 7 nitrogen and oxygen atoms in total. The number of anilines is 1. The number of β-lactam (4-membered cyclic amide) rings is 1. The van der Waals surface area contributed by atoms with Crippen LogP contribution in [0.15, 0.2) is 34.9 Å². The van der Waals surface area contributed by atoms with Crippen molar-refractivity contribution in [1.29, 1.82) is 0 Å². The largest absolute Gasteiger partial charge is 0.480 e. The minimum Gasteiger partial charge on any atom is -0.480 e. The molecule has 154 valence electrons. The Bertz CT molecular complexity index is 972. The van der Waals surface area contributed by atoms with Crippen LogP contribution < -0.4 is 5.32 Å². The molecule has 2 saturated heterocycles. The molecule has 3 atom stereocenters. The topological polar surface area (TPSA) is 95.7 Å². The summed E-state index contributed by atoms with van der Waals surface area (Å²) in [7, 11) is 0. The van der Waals surface area contributed by atoms with E-state index in [0.29, 0.717) is 17.1 Å². The third-order valence-corrected chi connectivity index (χ3v) is 7.44. The number of hydrogen-bond donors (Lipinski definition) is 2. The minimum absolute atomic E-state index is 0.0665. The van der Waals surface area contributed by atoms with E-state index in [-0.39, 0.29) is 17.2 Å². The molecule has 8 heteroatoms. The van der Waals surface area contributed by atoms with Crippen LogP contribution in [-0.4, -0.2) is 48.7 Å². The highest BCUT2D eigenvalue weighted by Gasteiger charge is 2.69. The van der Waals surface area contributed by atoms with Gasteiger partial charge in [0.05, 0.1) is 0 Å². The second-order valence-corrected chi connectivity index (χ2v) is 10.4. The predicted octanol–water partition coefficient (Wildman–Crippen LogP) is 3.78. The van der Waals surface area contributed by atoms with Crippen molar-refractivity contribution in [2.24, 2.45) is 0 Å². The Morgan fingerprint density at radius 1 is 1.28 bits per heavy atom. The maximum absolute atomic E-state index is 13.2. The first kappa shape index (κ1) is 19.8. The van der Waals surface area contributed by atoms with Crippen molar-refractivity contribution in [1.82, 2.24) is 10.1 Å². The lowest BCUT2D eigenvalue weighted by Gasteiger charge is -2.51. The molecule has 29 heavy (non-hydrogen) atoms. The zero-order chi connectivity index (χ0) is 21.1. The molecule has 1 amide bonds. The number of fused-ring (bicyclic) bond motifs is 1. The van der Waals surface area contributed by atoms with Gasteiger partial charge >= 0.3 is 5.97 Å². The quantitative estimate of drug-likeness (QED) is 0.718. The Hall–Kier alpha value is -2.48. The first-order valence-corrected chi connectivity index (χ1v) is 10.5. The molecule has 3 heterocycles. The number of carbonyl (C=O) groups is 2. The van der Waals surface area contributed by atoms with Gasteiger partial charge in [-0.1, -0.05) is 49.3 Å². The first-order chi connectivity index (χ1) is 13.6. The summed E-state index contributed by atoms with van der Waals surface area (Å²) in [5.41, 5.74) is 1.30. The molecule has 0 bridgehead atoms. The lowest BCUT2D eigenvalue weighted by molar-refractivity contribution is -0.163. The van der Waals surface area contributed by atoms with E-state index in [1.165, 1.54) is 16.7 Å². The van der Waals surface area contributed by atoms with Crippen LogP contribution in [-0.2, 0) is 9.59 Å². The average molecular weight is 416 g/mol. The first-order valence-electron chi connectivity index (χ1n) is 9.64. The van der Waals surface area contributed by atoms with Crippen LogP contribution in [0.5, 0.6) is 0 Å². The van der Waals surface area contributed by atoms with Crippen LogP contribution in [0.25, 0.3) is 11.3 Å². The molecular weight excluding hydrogens is 390 g/mol. The van der Waals surface area contributed by atoms with Gasteiger partial charge in [0.1, 0.15) is 28.3 Å². The highest BCUT2D eigenvalue weighted by Crippen LogP contribution is 2.56. The van der Waals surface area contributed by atoms with Crippen LogP contribution in [0.2, 0.25) is 0 Å². The van der Waals surface area contributed by atoms with Crippen LogP contribution in [0.3, 0.4) is 0 Å². The van der Waals surface area contributed by atoms with Crippen molar-refractivity contribution in [2.75, 3.05) is 5.32 Å². The fourth-order valence-electron chi connectivity index (χ4n) is 4.21. The normalized spacial score (nSPS) is 27.7. The third kappa shape index (κ3) is 2.84. The molecule has 1 aromatic carbocycles. The lowest BCUT2D eigenvalue weighted by atomic mass is 9.85. The minimum atomic E-state index is -0.974. The standard InChI is InChI=1S/C21H25N3O4S/c1-11(2)15-14(13(23-28-15)12-9-7-6-8-10-12)22-21(5)18(27)24-16(17(25)26)20(3,4)29-19(21)24/h6-11,16,19,22H,1-5H3,(H,25,26)/t16-,19+,21-/m0/s1. The van der Waals surface area contributed by atoms with Gasteiger partial charge in [-0.3, -0.25) is 4.79 Å². The highest BCUT2D eigenvalue weighted by molar-refractivity contribution is 8.01. The van der Waals surface area contributed by atoms with Gasteiger partial charge in [0.2, 0.25) is 0 Å². The number of aliphatic carboxylic acids is 1. The van der Waals surface area contributed by atoms with Crippen molar-refractivity contribution in [3.8, 4) is 11.3 Å². The number of aromatic nitrogens is 1. The monoisotopic (exact) mass is 415 g/mol. The second kappa shape index (κ2) is 6.52. The van der Waals surface area contributed by atoms with Crippen LogP contribution in [0, 0.1) is 0 Å². The van der Waals surface area contributed by atoms with E-state index in [9.17, 15) is 14.7 Å². The maximum atomic E-state index is 13.2. The van der Waals surface area contributed by atoms with Crippen molar-refractivity contribution >= 4 is 29.3 Å². The maximum Gasteiger partial charge on any atom is 0.327 e. The number of nitrogens with one attached hydrogen (secondary N) is 1. The van der Waals surface area contributed by atoms with E-state index in [0.717, 1.165) is 5.56 Å². The Kier molecular flexibility index (Phi) is 4.45. The van der Waals surface area contributed by atoms with E-state index in [2.05, 4.69) is 10.5 Å². The van der Waals surface area contributed by atoms with Gasteiger partial charge in [0.25, 0.3) is 5.91 Å². The summed E-state index contributed by atoms with van der Waals surface area (Å²) < 4.78 is 5.05. The van der Waals surface area contributed by atoms with Crippen molar-refractivity contribution < 1.29 is 19.2 Å². The lowest BCUT2D eigenvalue weighted by Crippen LogP contribution is -2.75. The Morgan fingerprint density at radius 3 is 2.52 bits per heavy atom. The zero-order valence-corrected chi connectivity index (χ0v) is 17.9. The Balaban J connectivity index is 1.73. The van der Waals surface area contributed by atoms with Crippen molar-refractivity contribution in [3.05, 3.63) is 36.1 Å². The summed E-state index contributed by atoms with van der Waals surface area (Å²) in [6.07, 6.45) is 0. The average Bonchev–Trinajstić information content (AvgIpc) is 3.19. The molecule has 2 aliphatic rings. The summed E-state index contributed by atoms with van der Waals surface area (Å²) in [6.45, 7) is 9.58. The second-order valence-electron chi connectivity index (χ2n) is 8.65. The molecule has 0 unspecified atom stereocenters. The SMILES string of the molecule is CC(C)c1onc(-c2ccccc2)c1N[C@@]1(C)C(=O)N2[C@@H](C(=O)O)C(C)(C)S[C@@H]21. The number of hydrogen-bond acceptors (Lipinski definition) is 6. The van der Waals surface area contributed by atoms with Gasteiger partial charge in [-0.05, 0) is 20.8 Å². The van der Waals surface area contributed by atoms with E-state index >= 15 is 0 Å². The number of rotatable bonds is 5. The number of thioether (sulfide) groups is 1. The van der Waals surface area contributed by atoms with Gasteiger partial charge in [0.15, 0.2) is 5.76 Å². The fraction of sp³-hybridized carbons (Fsp3) is 0.476. The molecule has 2 aromatic rings. The van der Waals surface area contributed by atoms with Crippen LogP contribution in [0.4, 0.5) is 5.69 Å². The van der Waals surface area contributed by atoms with E-state index in [1.54, 1.807) is 0 Å².